The van der Waals surface area contributed by atoms with Crippen LogP contribution in [0.4, 0.5) is 10.5 Å². The van der Waals surface area contributed by atoms with E-state index in [1.165, 1.54) is 24.1 Å². The van der Waals surface area contributed by atoms with Crippen LogP contribution in [-0.4, -0.2) is 55.4 Å². The van der Waals surface area contributed by atoms with Gasteiger partial charge in [-0.15, -0.1) is 0 Å². The van der Waals surface area contributed by atoms with Crippen LogP contribution in [0, 0.1) is 0 Å². The van der Waals surface area contributed by atoms with Gasteiger partial charge in [0.25, 0.3) is 11.5 Å². The van der Waals surface area contributed by atoms with E-state index < -0.39 is 22.8 Å². The molecule has 0 atom stereocenters. The molecular weight excluding hydrogens is 394 g/mol. The number of likely N-dealkylation sites (tertiary alicyclic amines) is 1. The third kappa shape index (κ3) is 4.61. The molecule has 0 unspecified atom stereocenters. The predicted octanol–water partition coefficient (Wildman–Crippen LogP) is 1.84. The average Bonchev–Trinajstić information content (AvgIpc) is 3.18. The fraction of sp³-hybridized carbons (Fsp3) is 0.526. The lowest BCUT2D eigenvalue weighted by Gasteiger charge is -2.33. The number of aromatic hydroxyl groups is 1. The number of anilines is 1. The molecule has 0 spiro atoms. The maximum absolute atomic E-state index is 12.5. The van der Waals surface area contributed by atoms with E-state index in [-0.39, 0.29) is 23.4 Å². The van der Waals surface area contributed by atoms with Crippen LogP contribution >= 0.6 is 0 Å². The summed E-state index contributed by atoms with van der Waals surface area (Å²) >= 11 is 0. The van der Waals surface area contributed by atoms with Crippen LogP contribution < -0.4 is 10.9 Å². The predicted molar refractivity (Wildman–Crippen MR) is 105 cm³/mol. The van der Waals surface area contributed by atoms with E-state index >= 15 is 0 Å². The Bertz CT molecular complexity index is 984. The second-order valence-electron chi connectivity index (χ2n) is 8.14. The molecule has 162 valence electrons. The van der Waals surface area contributed by atoms with Gasteiger partial charge in [0.2, 0.25) is 5.75 Å². The van der Waals surface area contributed by atoms with Gasteiger partial charge in [-0.05, 0) is 33.6 Å². The maximum atomic E-state index is 12.5. The normalized spacial score (nSPS) is 15.1. The summed E-state index contributed by atoms with van der Waals surface area (Å²) in [6, 6.07) is 0. The SMILES string of the molecule is Cn1c(C2CCN(C(=O)OC(C)(C)C)CC2)nc(C(=O)Nc2cnoc2)c(O)c1=O. The van der Waals surface area contributed by atoms with Crippen molar-refractivity contribution in [2.24, 2.45) is 7.05 Å². The van der Waals surface area contributed by atoms with E-state index in [4.69, 9.17) is 4.74 Å². The third-order valence-corrected chi connectivity index (χ3v) is 4.72. The lowest BCUT2D eigenvalue weighted by atomic mass is 9.95. The van der Waals surface area contributed by atoms with Gasteiger partial charge in [-0.2, -0.15) is 0 Å². The van der Waals surface area contributed by atoms with E-state index in [1.54, 1.807) is 25.7 Å². The zero-order chi connectivity index (χ0) is 22.1. The first kappa shape index (κ1) is 21.3. The molecule has 30 heavy (non-hydrogen) atoms. The molecule has 0 saturated carbocycles. The van der Waals surface area contributed by atoms with Crippen LogP contribution in [-0.2, 0) is 11.8 Å². The lowest BCUT2D eigenvalue weighted by Crippen LogP contribution is -2.42. The minimum absolute atomic E-state index is 0.163. The van der Waals surface area contributed by atoms with Crippen molar-refractivity contribution in [3.05, 3.63) is 34.3 Å². The van der Waals surface area contributed by atoms with Crippen molar-refractivity contribution in [2.75, 3.05) is 18.4 Å². The van der Waals surface area contributed by atoms with Gasteiger partial charge in [-0.25, -0.2) is 9.78 Å². The quantitative estimate of drug-likeness (QED) is 0.768. The molecule has 11 nitrogen and oxygen atoms in total. The Hall–Kier alpha value is -3.37. The molecule has 0 radical (unpaired) electrons. The highest BCUT2D eigenvalue weighted by Crippen LogP contribution is 2.28. The first-order valence-corrected chi connectivity index (χ1v) is 9.55. The number of hydrogen-bond donors (Lipinski definition) is 2. The van der Waals surface area contributed by atoms with Crippen molar-refractivity contribution in [1.29, 1.82) is 0 Å². The van der Waals surface area contributed by atoms with E-state index in [2.05, 4.69) is 20.0 Å². The topological polar surface area (TPSA) is 140 Å². The number of amides is 2. The molecule has 1 saturated heterocycles. The van der Waals surface area contributed by atoms with Crippen LogP contribution in [0.2, 0.25) is 0 Å². The van der Waals surface area contributed by atoms with Crippen molar-refractivity contribution >= 4 is 17.7 Å². The molecule has 1 fully saturated rings. The summed E-state index contributed by atoms with van der Waals surface area (Å²) < 4.78 is 11.3. The Balaban J connectivity index is 1.78. The molecule has 3 heterocycles. The first-order chi connectivity index (χ1) is 14.1. The van der Waals surface area contributed by atoms with Crippen LogP contribution in [0.25, 0.3) is 0 Å². The van der Waals surface area contributed by atoms with Crippen LogP contribution in [0.3, 0.4) is 0 Å². The van der Waals surface area contributed by atoms with Gasteiger partial charge in [0, 0.05) is 26.1 Å². The molecule has 1 aliphatic heterocycles. The minimum atomic E-state index is -0.749. The van der Waals surface area contributed by atoms with Crippen molar-refractivity contribution < 1.29 is 24.0 Å². The summed E-state index contributed by atoms with van der Waals surface area (Å²) in [6.07, 6.45) is 3.18. The second-order valence-corrected chi connectivity index (χ2v) is 8.14. The highest BCUT2D eigenvalue weighted by Gasteiger charge is 2.31. The summed E-state index contributed by atoms with van der Waals surface area (Å²) in [6.45, 7) is 6.27. The van der Waals surface area contributed by atoms with E-state index in [0.29, 0.717) is 31.8 Å². The molecule has 2 aromatic rings. The fourth-order valence-corrected chi connectivity index (χ4v) is 3.23. The Morgan fingerprint density at radius 1 is 1.30 bits per heavy atom. The molecule has 11 heteroatoms. The smallest absolute Gasteiger partial charge is 0.410 e. The monoisotopic (exact) mass is 419 g/mol. The van der Waals surface area contributed by atoms with E-state index in [1.807, 2.05) is 0 Å². The highest BCUT2D eigenvalue weighted by molar-refractivity contribution is 6.04. The van der Waals surface area contributed by atoms with E-state index in [0.717, 1.165) is 0 Å². The van der Waals surface area contributed by atoms with Crippen LogP contribution in [0.5, 0.6) is 5.75 Å². The largest absolute Gasteiger partial charge is 0.501 e. The number of carbonyl (C=O) groups excluding carboxylic acids is 2. The van der Waals surface area contributed by atoms with Crippen LogP contribution in [0.15, 0.2) is 21.8 Å². The van der Waals surface area contributed by atoms with E-state index in [9.17, 15) is 19.5 Å². The van der Waals surface area contributed by atoms with Crippen molar-refractivity contribution in [1.82, 2.24) is 19.6 Å². The molecule has 2 N–H and O–H groups in total. The molecule has 3 rings (SSSR count). The molecule has 0 aliphatic carbocycles. The third-order valence-electron chi connectivity index (χ3n) is 4.72. The van der Waals surface area contributed by atoms with Gasteiger partial charge in [0.1, 0.15) is 23.4 Å². The van der Waals surface area contributed by atoms with Gasteiger partial charge in [0.15, 0.2) is 5.69 Å². The molecule has 1 aliphatic rings. The number of rotatable bonds is 3. The summed E-state index contributed by atoms with van der Waals surface area (Å²) in [7, 11) is 1.49. The molecule has 2 aromatic heterocycles. The number of hydrogen-bond acceptors (Lipinski definition) is 8. The molecule has 0 aromatic carbocycles. The van der Waals surface area contributed by atoms with Gasteiger partial charge in [0.05, 0.1) is 6.20 Å². The van der Waals surface area contributed by atoms with Gasteiger partial charge in [-0.3, -0.25) is 14.2 Å². The van der Waals surface area contributed by atoms with Crippen molar-refractivity contribution in [3.8, 4) is 5.75 Å². The Morgan fingerprint density at radius 2 is 1.97 bits per heavy atom. The number of nitrogens with one attached hydrogen (secondary N) is 1. The van der Waals surface area contributed by atoms with Crippen molar-refractivity contribution in [2.45, 2.75) is 45.1 Å². The number of carbonyl (C=O) groups is 2. The van der Waals surface area contributed by atoms with Gasteiger partial charge in [-0.1, -0.05) is 5.16 Å². The summed E-state index contributed by atoms with van der Waals surface area (Å²) in [5.74, 6) is -1.27. The standard InChI is InChI=1S/C19H25N5O6/c1-19(2,3)30-18(28)24-7-5-11(6-8-24)15-22-13(14(25)17(27)23(15)4)16(26)21-12-9-20-29-10-12/h9-11,25H,5-8H2,1-4H3,(H,21,26). The number of aromatic nitrogens is 3. The summed E-state index contributed by atoms with van der Waals surface area (Å²) in [5, 5.41) is 16.1. The molecular formula is C19H25N5O6. The van der Waals surface area contributed by atoms with Crippen LogP contribution in [0.1, 0.15) is 55.8 Å². The highest BCUT2D eigenvalue weighted by atomic mass is 16.6. The minimum Gasteiger partial charge on any atom is -0.501 e. The summed E-state index contributed by atoms with van der Waals surface area (Å²) in [4.78, 5) is 43.1. The number of ether oxygens (including phenoxy) is 1. The molecule has 0 bridgehead atoms. The van der Waals surface area contributed by atoms with Gasteiger partial charge >= 0.3 is 6.09 Å². The second kappa shape index (κ2) is 8.17. The lowest BCUT2D eigenvalue weighted by molar-refractivity contribution is 0.0202. The zero-order valence-corrected chi connectivity index (χ0v) is 17.3. The Labute approximate surface area is 172 Å². The number of nitrogens with zero attached hydrogens (tertiary/aromatic N) is 4. The summed E-state index contributed by atoms with van der Waals surface area (Å²) in [5.41, 5.74) is -1.40. The Morgan fingerprint density at radius 3 is 2.53 bits per heavy atom. The maximum Gasteiger partial charge on any atom is 0.410 e. The number of piperidine rings is 1. The first-order valence-electron chi connectivity index (χ1n) is 9.55. The average molecular weight is 419 g/mol. The van der Waals surface area contributed by atoms with Crippen molar-refractivity contribution in [3.63, 3.8) is 0 Å². The molecule has 2 amide bonds. The Kier molecular flexibility index (Phi) is 5.81. The zero-order valence-electron chi connectivity index (χ0n) is 17.3. The van der Waals surface area contributed by atoms with Gasteiger partial charge < -0.3 is 24.6 Å². The fourth-order valence-electron chi connectivity index (χ4n) is 3.23.